The molecule has 1 amide bonds. The van der Waals surface area contributed by atoms with Crippen LogP contribution in [0.25, 0.3) is 0 Å². The summed E-state index contributed by atoms with van der Waals surface area (Å²) in [6.07, 6.45) is 0.375. The van der Waals surface area contributed by atoms with Crippen molar-refractivity contribution in [3.8, 4) is 0 Å². The van der Waals surface area contributed by atoms with Crippen molar-refractivity contribution < 1.29 is 17.6 Å². The monoisotopic (exact) mass is 418 g/mol. The molecular formula is C22H27FN2O3S. The van der Waals surface area contributed by atoms with E-state index in [4.69, 9.17) is 0 Å². The fourth-order valence-corrected chi connectivity index (χ4v) is 5.51. The molecule has 0 saturated carbocycles. The van der Waals surface area contributed by atoms with E-state index in [2.05, 4.69) is 18.7 Å². The van der Waals surface area contributed by atoms with Gasteiger partial charge in [0.25, 0.3) is 5.91 Å². The Kier molecular flexibility index (Phi) is 6.57. The number of nitrogens with zero attached hydrogens (tertiary/aromatic N) is 2. The predicted molar refractivity (Wildman–Crippen MR) is 113 cm³/mol. The smallest absolute Gasteiger partial charge is 0.257 e. The SMILES string of the molecule is CCN(CC)c1ccc(CN(C(=O)c2ccccc2F)C2CCS(=O)(=O)C2)cc1. The summed E-state index contributed by atoms with van der Waals surface area (Å²) < 4.78 is 38.2. The second kappa shape index (κ2) is 8.95. The average molecular weight is 419 g/mol. The second-order valence-corrected chi connectivity index (χ2v) is 9.54. The van der Waals surface area contributed by atoms with Crippen LogP contribution >= 0.6 is 0 Å². The second-order valence-electron chi connectivity index (χ2n) is 7.31. The number of hydrogen-bond donors (Lipinski definition) is 0. The van der Waals surface area contributed by atoms with E-state index in [1.807, 2.05) is 24.3 Å². The van der Waals surface area contributed by atoms with E-state index in [0.29, 0.717) is 6.42 Å². The first-order chi connectivity index (χ1) is 13.8. The molecule has 2 aromatic carbocycles. The number of sulfone groups is 1. The molecule has 5 nitrogen and oxygen atoms in total. The molecule has 0 N–H and O–H groups in total. The summed E-state index contributed by atoms with van der Waals surface area (Å²) in [5.41, 5.74) is 1.95. The molecule has 1 unspecified atom stereocenters. The first kappa shape index (κ1) is 21.3. The molecule has 2 aromatic rings. The molecule has 1 aliphatic rings. The van der Waals surface area contributed by atoms with E-state index < -0.39 is 27.6 Å². The topological polar surface area (TPSA) is 57.7 Å². The highest BCUT2D eigenvalue weighted by Crippen LogP contribution is 2.24. The number of amides is 1. The Hall–Kier alpha value is -2.41. The third-order valence-electron chi connectivity index (χ3n) is 5.43. The van der Waals surface area contributed by atoms with Gasteiger partial charge >= 0.3 is 0 Å². The molecule has 1 heterocycles. The van der Waals surface area contributed by atoms with Crippen molar-refractivity contribution in [1.29, 1.82) is 0 Å². The molecule has 1 aliphatic heterocycles. The van der Waals surface area contributed by atoms with Crippen molar-refractivity contribution >= 4 is 21.4 Å². The Morgan fingerprint density at radius 1 is 1.07 bits per heavy atom. The van der Waals surface area contributed by atoms with Crippen molar-refractivity contribution in [3.05, 3.63) is 65.5 Å². The Morgan fingerprint density at radius 2 is 1.72 bits per heavy atom. The fraction of sp³-hybridized carbons (Fsp3) is 0.409. The van der Waals surface area contributed by atoms with Crippen molar-refractivity contribution in [2.24, 2.45) is 0 Å². The van der Waals surface area contributed by atoms with E-state index >= 15 is 0 Å². The van der Waals surface area contributed by atoms with E-state index in [0.717, 1.165) is 24.3 Å². The summed E-state index contributed by atoms with van der Waals surface area (Å²) in [5, 5.41) is 0. The number of anilines is 1. The van der Waals surface area contributed by atoms with Crippen LogP contribution in [0.5, 0.6) is 0 Å². The maximum absolute atomic E-state index is 14.2. The molecule has 1 atom stereocenters. The van der Waals surface area contributed by atoms with Gasteiger partial charge < -0.3 is 9.80 Å². The van der Waals surface area contributed by atoms with Gasteiger partial charge in [0, 0.05) is 31.4 Å². The number of benzene rings is 2. The van der Waals surface area contributed by atoms with Gasteiger partial charge in [-0.15, -0.1) is 0 Å². The molecule has 29 heavy (non-hydrogen) atoms. The molecule has 0 spiro atoms. The van der Waals surface area contributed by atoms with Gasteiger partial charge in [-0.1, -0.05) is 24.3 Å². The van der Waals surface area contributed by atoms with Gasteiger partial charge in [0.15, 0.2) is 9.84 Å². The molecule has 156 valence electrons. The summed E-state index contributed by atoms with van der Waals surface area (Å²) in [4.78, 5) is 16.8. The first-order valence-corrected chi connectivity index (χ1v) is 11.8. The summed E-state index contributed by atoms with van der Waals surface area (Å²) in [6, 6.07) is 13.3. The maximum atomic E-state index is 14.2. The Labute approximate surface area is 172 Å². The van der Waals surface area contributed by atoms with Crippen molar-refractivity contribution in [2.45, 2.75) is 32.9 Å². The van der Waals surface area contributed by atoms with Crippen LogP contribution in [-0.2, 0) is 16.4 Å². The van der Waals surface area contributed by atoms with Gasteiger partial charge in [-0.3, -0.25) is 4.79 Å². The van der Waals surface area contributed by atoms with Crippen molar-refractivity contribution in [2.75, 3.05) is 29.5 Å². The van der Waals surface area contributed by atoms with E-state index in [-0.39, 0.29) is 23.6 Å². The minimum Gasteiger partial charge on any atom is -0.372 e. The normalized spacial score (nSPS) is 17.8. The van der Waals surface area contributed by atoms with Crippen LogP contribution in [-0.4, -0.2) is 49.9 Å². The highest BCUT2D eigenvalue weighted by Gasteiger charge is 2.35. The zero-order valence-electron chi connectivity index (χ0n) is 16.8. The minimum atomic E-state index is -3.18. The quantitative estimate of drug-likeness (QED) is 0.691. The van der Waals surface area contributed by atoms with Gasteiger partial charge in [-0.2, -0.15) is 0 Å². The van der Waals surface area contributed by atoms with Gasteiger partial charge in [-0.25, -0.2) is 12.8 Å². The summed E-state index contributed by atoms with van der Waals surface area (Å²) in [5.74, 6) is -1.09. The third-order valence-corrected chi connectivity index (χ3v) is 7.18. The zero-order chi connectivity index (χ0) is 21.0. The molecule has 3 rings (SSSR count). The van der Waals surface area contributed by atoms with E-state index in [1.54, 1.807) is 6.07 Å². The molecular weight excluding hydrogens is 391 g/mol. The Morgan fingerprint density at radius 3 is 2.28 bits per heavy atom. The number of halogens is 1. The highest BCUT2D eigenvalue weighted by molar-refractivity contribution is 7.91. The average Bonchev–Trinajstić information content (AvgIpc) is 3.07. The Balaban J connectivity index is 1.88. The van der Waals surface area contributed by atoms with Crippen LogP contribution in [0, 0.1) is 5.82 Å². The lowest BCUT2D eigenvalue weighted by molar-refractivity contribution is 0.0676. The number of carbonyl (C=O) groups is 1. The van der Waals surface area contributed by atoms with Gasteiger partial charge in [-0.05, 0) is 50.1 Å². The lowest BCUT2D eigenvalue weighted by Gasteiger charge is -2.29. The lowest BCUT2D eigenvalue weighted by Crippen LogP contribution is -2.41. The largest absolute Gasteiger partial charge is 0.372 e. The number of hydrogen-bond acceptors (Lipinski definition) is 4. The van der Waals surface area contributed by atoms with Gasteiger partial charge in [0.2, 0.25) is 0 Å². The van der Waals surface area contributed by atoms with Crippen LogP contribution in [0.15, 0.2) is 48.5 Å². The molecule has 1 saturated heterocycles. The Bertz CT molecular complexity index is 956. The standard InChI is InChI=1S/C22H27FN2O3S/c1-3-24(4-2)18-11-9-17(10-12-18)15-25(19-13-14-29(27,28)16-19)22(26)20-7-5-6-8-21(20)23/h5-12,19H,3-4,13-16H2,1-2H3. The van der Waals surface area contributed by atoms with Crippen LogP contribution in [0.4, 0.5) is 10.1 Å². The molecule has 0 aromatic heterocycles. The van der Waals surface area contributed by atoms with Gasteiger partial charge in [0.1, 0.15) is 5.82 Å². The summed E-state index contributed by atoms with van der Waals surface area (Å²) in [7, 11) is -3.18. The van der Waals surface area contributed by atoms with Crippen molar-refractivity contribution in [3.63, 3.8) is 0 Å². The molecule has 0 radical (unpaired) electrons. The van der Waals surface area contributed by atoms with Crippen LogP contribution in [0.1, 0.15) is 36.2 Å². The molecule has 0 aliphatic carbocycles. The molecule has 0 bridgehead atoms. The number of rotatable bonds is 7. The maximum Gasteiger partial charge on any atom is 0.257 e. The minimum absolute atomic E-state index is 0.0310. The first-order valence-electron chi connectivity index (χ1n) is 9.94. The lowest BCUT2D eigenvalue weighted by atomic mass is 10.1. The third kappa shape index (κ3) is 4.96. The zero-order valence-corrected chi connectivity index (χ0v) is 17.7. The predicted octanol–water partition coefficient (Wildman–Crippen LogP) is 3.50. The van der Waals surface area contributed by atoms with E-state index in [9.17, 15) is 17.6 Å². The van der Waals surface area contributed by atoms with Crippen LogP contribution in [0.2, 0.25) is 0 Å². The molecule has 7 heteroatoms. The highest BCUT2D eigenvalue weighted by atomic mass is 32.2. The molecule has 1 fully saturated rings. The summed E-state index contributed by atoms with van der Waals surface area (Å²) >= 11 is 0. The fourth-order valence-electron chi connectivity index (χ4n) is 3.77. The summed E-state index contributed by atoms with van der Waals surface area (Å²) in [6.45, 7) is 6.22. The number of carbonyl (C=O) groups excluding carboxylic acids is 1. The van der Waals surface area contributed by atoms with E-state index in [1.165, 1.54) is 23.1 Å². The van der Waals surface area contributed by atoms with Crippen LogP contribution in [0.3, 0.4) is 0 Å². The van der Waals surface area contributed by atoms with Gasteiger partial charge in [0.05, 0.1) is 17.1 Å². The van der Waals surface area contributed by atoms with Crippen molar-refractivity contribution in [1.82, 2.24) is 4.90 Å². The van der Waals surface area contributed by atoms with Crippen LogP contribution < -0.4 is 4.90 Å².